The lowest BCUT2D eigenvalue weighted by atomic mass is 10.1. The Kier molecular flexibility index (Phi) is 12.3. The summed E-state index contributed by atoms with van der Waals surface area (Å²) >= 11 is 5.52. The van der Waals surface area contributed by atoms with Crippen LogP contribution in [-0.4, -0.2) is 91.8 Å². The van der Waals surface area contributed by atoms with Crippen LogP contribution in [0.4, 0.5) is 0 Å². The maximum absolute atomic E-state index is 12.9. The number of carbonyl (C=O) groups excluding carboxylic acids is 3. The van der Waals surface area contributed by atoms with E-state index in [1.807, 2.05) is 6.26 Å². The molecule has 0 aliphatic carbocycles. The first-order valence-corrected chi connectivity index (χ1v) is 11.8. The lowest BCUT2D eigenvalue weighted by Crippen LogP contribution is -2.58. The molecule has 184 valence electrons. The zero-order valence-corrected chi connectivity index (χ0v) is 19.5. The normalized spacial score (nSPS) is 14.4. The number of aromatic nitrogens is 2. The Morgan fingerprint density at radius 2 is 1.70 bits per heavy atom. The Bertz CT molecular complexity index is 823. The average Bonchev–Trinajstić information content (AvgIpc) is 3.27. The summed E-state index contributed by atoms with van der Waals surface area (Å²) in [7, 11) is 0. The maximum Gasteiger partial charge on any atom is 0.326 e. The van der Waals surface area contributed by atoms with Gasteiger partial charge in [0, 0.05) is 24.1 Å². The third-order valence-electron chi connectivity index (χ3n) is 4.39. The summed E-state index contributed by atoms with van der Waals surface area (Å²) in [5.41, 5.74) is 6.40. The number of nitrogens with zero attached hydrogens (tertiary/aromatic N) is 1. The van der Waals surface area contributed by atoms with Crippen LogP contribution >= 0.6 is 24.4 Å². The number of aromatic amines is 1. The van der Waals surface area contributed by atoms with Gasteiger partial charge in [-0.3, -0.25) is 19.2 Å². The number of carbonyl (C=O) groups is 5. The van der Waals surface area contributed by atoms with E-state index in [-0.39, 0.29) is 12.2 Å². The molecule has 1 aromatic rings. The number of rotatable bonds is 15. The summed E-state index contributed by atoms with van der Waals surface area (Å²) in [6.45, 7) is 0. The largest absolute Gasteiger partial charge is 0.481 e. The highest BCUT2D eigenvalue weighted by Gasteiger charge is 2.30. The molecule has 0 radical (unpaired) electrons. The van der Waals surface area contributed by atoms with E-state index in [9.17, 15) is 24.0 Å². The predicted molar refractivity (Wildman–Crippen MR) is 123 cm³/mol. The molecular formula is C18H28N6O7S2. The molecule has 0 fully saturated rings. The van der Waals surface area contributed by atoms with E-state index in [2.05, 4.69) is 38.5 Å². The number of thioether (sulfide) groups is 1. The van der Waals surface area contributed by atoms with Crippen LogP contribution in [0.25, 0.3) is 0 Å². The van der Waals surface area contributed by atoms with Crippen LogP contribution in [0.3, 0.4) is 0 Å². The molecule has 4 unspecified atom stereocenters. The van der Waals surface area contributed by atoms with Gasteiger partial charge in [0.1, 0.15) is 18.1 Å². The predicted octanol–water partition coefficient (Wildman–Crippen LogP) is -2.02. The molecule has 8 N–H and O–H groups in total. The Hall–Kier alpha value is -2.78. The molecule has 0 saturated carbocycles. The maximum atomic E-state index is 12.9. The van der Waals surface area contributed by atoms with Crippen molar-refractivity contribution >= 4 is 54.1 Å². The molecule has 0 saturated heterocycles. The number of H-pyrrole nitrogens is 1. The molecule has 3 amide bonds. The van der Waals surface area contributed by atoms with Crippen molar-refractivity contribution in [2.45, 2.75) is 43.4 Å². The van der Waals surface area contributed by atoms with E-state index < -0.39 is 60.2 Å². The SMILES string of the molecule is CSCCC(N)C(=O)NC(Cc1cnc[nH]1)C(=O)NC(CS)C(=O)NC(CC(=O)O)C(=O)O. The van der Waals surface area contributed by atoms with Crippen molar-refractivity contribution in [3.05, 3.63) is 18.2 Å². The molecular weight excluding hydrogens is 476 g/mol. The smallest absolute Gasteiger partial charge is 0.326 e. The van der Waals surface area contributed by atoms with Crippen molar-refractivity contribution in [1.82, 2.24) is 25.9 Å². The van der Waals surface area contributed by atoms with Gasteiger partial charge in [-0.2, -0.15) is 24.4 Å². The summed E-state index contributed by atoms with van der Waals surface area (Å²) in [5.74, 6) is -4.76. The van der Waals surface area contributed by atoms with Crippen molar-refractivity contribution in [2.24, 2.45) is 5.73 Å². The highest BCUT2D eigenvalue weighted by atomic mass is 32.2. The van der Waals surface area contributed by atoms with E-state index in [4.69, 9.17) is 15.9 Å². The summed E-state index contributed by atoms with van der Waals surface area (Å²) in [5, 5.41) is 24.9. The van der Waals surface area contributed by atoms with Gasteiger partial charge in [-0.1, -0.05) is 0 Å². The molecule has 13 nitrogen and oxygen atoms in total. The molecule has 1 rings (SSSR count). The zero-order chi connectivity index (χ0) is 25.0. The third kappa shape index (κ3) is 10.1. The summed E-state index contributed by atoms with van der Waals surface area (Å²) in [6, 6.07) is -4.94. The third-order valence-corrected chi connectivity index (χ3v) is 5.40. The summed E-state index contributed by atoms with van der Waals surface area (Å²) in [4.78, 5) is 66.4. The first-order valence-electron chi connectivity index (χ1n) is 9.77. The van der Waals surface area contributed by atoms with Crippen LogP contribution in [0.1, 0.15) is 18.5 Å². The molecule has 15 heteroatoms. The summed E-state index contributed by atoms with van der Waals surface area (Å²) in [6.07, 6.45) is 4.30. The number of nitrogens with one attached hydrogen (secondary N) is 4. The molecule has 0 bridgehead atoms. The van der Waals surface area contributed by atoms with Crippen LogP contribution in [0, 0.1) is 0 Å². The monoisotopic (exact) mass is 504 g/mol. The van der Waals surface area contributed by atoms with Gasteiger partial charge in [0.15, 0.2) is 0 Å². The van der Waals surface area contributed by atoms with Crippen molar-refractivity contribution in [3.8, 4) is 0 Å². The topological polar surface area (TPSA) is 217 Å². The van der Waals surface area contributed by atoms with Gasteiger partial charge in [-0.25, -0.2) is 9.78 Å². The van der Waals surface area contributed by atoms with E-state index >= 15 is 0 Å². The number of hydrogen-bond donors (Lipinski definition) is 8. The Morgan fingerprint density at radius 1 is 1.09 bits per heavy atom. The van der Waals surface area contributed by atoms with E-state index in [0.29, 0.717) is 17.9 Å². The quantitative estimate of drug-likeness (QED) is 0.123. The number of nitrogens with two attached hydrogens (primary N) is 1. The standard InChI is InChI=1S/C18H28N6O7S2/c1-33-3-2-10(19)15(27)22-11(4-9-6-20-8-21-9)16(28)24-13(7-32)17(29)23-12(18(30)31)5-14(25)26/h6,8,10-13,32H,2-5,7,19H2,1H3,(H,20,21)(H,22,27)(H,23,29)(H,24,28)(H,25,26)(H,30,31). The van der Waals surface area contributed by atoms with Gasteiger partial charge < -0.3 is 36.9 Å². The van der Waals surface area contributed by atoms with Gasteiger partial charge >= 0.3 is 11.9 Å². The number of imidazole rings is 1. The van der Waals surface area contributed by atoms with Gasteiger partial charge in [-0.15, -0.1) is 0 Å². The molecule has 1 heterocycles. The number of hydrogen-bond acceptors (Lipinski definition) is 9. The highest BCUT2D eigenvalue weighted by molar-refractivity contribution is 7.98. The van der Waals surface area contributed by atoms with E-state index in [1.165, 1.54) is 24.3 Å². The minimum absolute atomic E-state index is 0.0183. The number of aliphatic carboxylic acids is 2. The lowest BCUT2D eigenvalue weighted by molar-refractivity contribution is -0.147. The number of thiol groups is 1. The van der Waals surface area contributed by atoms with Crippen LogP contribution < -0.4 is 21.7 Å². The van der Waals surface area contributed by atoms with Gasteiger partial charge in [0.25, 0.3) is 0 Å². The fourth-order valence-electron chi connectivity index (χ4n) is 2.59. The second-order valence-corrected chi connectivity index (χ2v) is 8.32. The Labute approximate surface area is 199 Å². The average molecular weight is 505 g/mol. The zero-order valence-electron chi connectivity index (χ0n) is 17.8. The second kappa shape index (κ2) is 14.4. The number of carboxylic acid groups (broad SMARTS) is 2. The van der Waals surface area contributed by atoms with Gasteiger partial charge in [0.2, 0.25) is 17.7 Å². The molecule has 1 aromatic heterocycles. The molecule has 0 spiro atoms. The second-order valence-electron chi connectivity index (χ2n) is 6.97. The Balaban J connectivity index is 2.91. The minimum atomic E-state index is -1.69. The first kappa shape index (κ1) is 28.3. The minimum Gasteiger partial charge on any atom is -0.481 e. The van der Waals surface area contributed by atoms with Crippen LogP contribution in [-0.2, 0) is 30.4 Å². The Morgan fingerprint density at radius 3 is 2.21 bits per heavy atom. The lowest BCUT2D eigenvalue weighted by Gasteiger charge is -2.24. The van der Waals surface area contributed by atoms with Crippen molar-refractivity contribution in [2.75, 3.05) is 17.8 Å². The molecule has 4 atom stereocenters. The van der Waals surface area contributed by atoms with Crippen LogP contribution in [0.2, 0.25) is 0 Å². The first-order chi connectivity index (χ1) is 15.6. The van der Waals surface area contributed by atoms with Gasteiger partial charge in [0.05, 0.1) is 18.8 Å². The van der Waals surface area contributed by atoms with E-state index in [0.717, 1.165) is 0 Å². The molecule has 0 aliphatic rings. The molecule has 0 aromatic carbocycles. The molecule has 0 aliphatic heterocycles. The van der Waals surface area contributed by atoms with Crippen LogP contribution in [0.5, 0.6) is 0 Å². The highest BCUT2D eigenvalue weighted by Crippen LogP contribution is 2.04. The number of carboxylic acids is 2. The number of amides is 3. The van der Waals surface area contributed by atoms with Gasteiger partial charge in [-0.05, 0) is 18.4 Å². The van der Waals surface area contributed by atoms with Crippen molar-refractivity contribution in [3.63, 3.8) is 0 Å². The summed E-state index contributed by atoms with van der Waals surface area (Å²) < 4.78 is 0. The fourth-order valence-corrected chi connectivity index (χ4v) is 3.34. The van der Waals surface area contributed by atoms with E-state index in [1.54, 1.807) is 0 Å². The van der Waals surface area contributed by atoms with Crippen molar-refractivity contribution < 1.29 is 34.2 Å². The van der Waals surface area contributed by atoms with Crippen molar-refractivity contribution in [1.29, 1.82) is 0 Å². The van der Waals surface area contributed by atoms with Crippen LogP contribution in [0.15, 0.2) is 12.5 Å². The fraction of sp³-hybridized carbons (Fsp3) is 0.556. The molecule has 33 heavy (non-hydrogen) atoms.